The van der Waals surface area contributed by atoms with E-state index in [2.05, 4.69) is 30.5 Å². The number of fused-ring (bicyclic) bond motifs is 2. The largest absolute Gasteiger partial charge is 0.336 e. The van der Waals surface area contributed by atoms with Crippen LogP contribution in [0.3, 0.4) is 0 Å². The van der Waals surface area contributed by atoms with E-state index >= 15 is 0 Å². The molecule has 0 bridgehead atoms. The van der Waals surface area contributed by atoms with Gasteiger partial charge in [0.15, 0.2) is 11.5 Å². The highest BCUT2D eigenvalue weighted by Gasteiger charge is 2.21. The van der Waals surface area contributed by atoms with E-state index < -0.39 is 0 Å². The SMILES string of the molecule is O=C(Nc1cncc(-c2ccc3[nH]nc(-c4nc5c(-c6ccncc6)cccc5[nH]4)c3n2)c1)C1CCCCC1. The Kier molecular flexibility index (Phi) is 5.81. The first kappa shape index (κ1) is 23.2. The van der Waals surface area contributed by atoms with E-state index in [4.69, 9.17) is 9.97 Å². The number of hydrogen-bond acceptors (Lipinski definition) is 6. The number of para-hydroxylation sites is 1. The number of carbonyl (C=O) groups is 1. The predicted octanol–water partition coefficient (Wildman–Crippen LogP) is 6.14. The van der Waals surface area contributed by atoms with Crippen LogP contribution in [0.5, 0.6) is 0 Å². The first-order valence-electron chi connectivity index (χ1n) is 13.2. The lowest BCUT2D eigenvalue weighted by Crippen LogP contribution is -2.24. The van der Waals surface area contributed by atoms with Crippen LogP contribution >= 0.6 is 0 Å². The molecule has 39 heavy (non-hydrogen) atoms. The van der Waals surface area contributed by atoms with Crippen molar-refractivity contribution in [2.24, 2.45) is 5.92 Å². The molecule has 9 nitrogen and oxygen atoms in total. The van der Waals surface area contributed by atoms with Crippen LogP contribution in [0.4, 0.5) is 5.69 Å². The number of benzene rings is 1. The maximum Gasteiger partial charge on any atom is 0.227 e. The second-order valence-corrected chi connectivity index (χ2v) is 9.97. The lowest BCUT2D eigenvalue weighted by Gasteiger charge is -2.20. The third-order valence-corrected chi connectivity index (χ3v) is 7.41. The molecule has 1 amide bonds. The molecule has 6 aromatic rings. The summed E-state index contributed by atoms with van der Waals surface area (Å²) >= 11 is 0. The molecule has 1 aliphatic rings. The third-order valence-electron chi connectivity index (χ3n) is 7.41. The van der Waals surface area contributed by atoms with E-state index in [1.54, 1.807) is 24.8 Å². The number of H-pyrrole nitrogens is 2. The van der Waals surface area contributed by atoms with Crippen LogP contribution in [-0.4, -0.2) is 41.0 Å². The van der Waals surface area contributed by atoms with Crippen molar-refractivity contribution in [1.82, 2.24) is 35.1 Å². The zero-order valence-electron chi connectivity index (χ0n) is 21.2. The monoisotopic (exact) mass is 514 g/mol. The summed E-state index contributed by atoms with van der Waals surface area (Å²) in [4.78, 5) is 34.5. The lowest BCUT2D eigenvalue weighted by atomic mass is 9.88. The highest BCUT2D eigenvalue weighted by molar-refractivity contribution is 5.96. The van der Waals surface area contributed by atoms with E-state index in [-0.39, 0.29) is 11.8 Å². The molecule has 0 unspecified atom stereocenters. The van der Waals surface area contributed by atoms with Gasteiger partial charge in [-0.25, -0.2) is 9.97 Å². The molecule has 1 fully saturated rings. The number of carbonyl (C=O) groups excluding carboxylic acids is 1. The third kappa shape index (κ3) is 4.41. The molecule has 7 rings (SSSR count). The standard InChI is InChI=1S/C30H26N8O/c39-30(19-5-2-1-3-6-19)33-21-15-20(16-32-17-21)23-9-10-25-27(34-23)28(38-37-25)29-35-24-8-4-7-22(26(24)36-29)18-11-13-31-14-12-18/h4,7-17,19H,1-3,5-6H2,(H,33,39)(H,35,36)(H,37,38). The molecule has 0 atom stereocenters. The fourth-order valence-corrected chi connectivity index (χ4v) is 5.39. The van der Waals surface area contributed by atoms with Crippen LogP contribution in [0.15, 0.2) is 73.3 Å². The first-order valence-corrected chi connectivity index (χ1v) is 13.2. The second-order valence-electron chi connectivity index (χ2n) is 9.97. The topological polar surface area (TPSA) is 125 Å². The molecule has 1 aliphatic carbocycles. The number of aromatic amines is 2. The van der Waals surface area contributed by atoms with Crippen molar-refractivity contribution in [1.29, 1.82) is 0 Å². The van der Waals surface area contributed by atoms with Crippen molar-refractivity contribution in [3.05, 3.63) is 73.3 Å². The summed E-state index contributed by atoms with van der Waals surface area (Å²) in [7, 11) is 0. The smallest absolute Gasteiger partial charge is 0.227 e. The van der Waals surface area contributed by atoms with Crippen molar-refractivity contribution in [3.63, 3.8) is 0 Å². The zero-order chi connectivity index (χ0) is 26.2. The molecule has 1 saturated carbocycles. The summed E-state index contributed by atoms with van der Waals surface area (Å²) in [6.45, 7) is 0. The number of imidazole rings is 1. The van der Waals surface area contributed by atoms with Crippen molar-refractivity contribution in [3.8, 4) is 33.9 Å². The first-order chi connectivity index (χ1) is 19.2. The Labute approximate surface area is 224 Å². The highest BCUT2D eigenvalue weighted by Crippen LogP contribution is 2.32. The molecule has 192 valence electrons. The Morgan fingerprint density at radius 2 is 1.72 bits per heavy atom. The lowest BCUT2D eigenvalue weighted by molar-refractivity contribution is -0.120. The van der Waals surface area contributed by atoms with E-state index in [0.29, 0.717) is 22.7 Å². The minimum Gasteiger partial charge on any atom is -0.336 e. The Morgan fingerprint density at radius 1 is 0.846 bits per heavy atom. The van der Waals surface area contributed by atoms with Crippen LogP contribution in [0.1, 0.15) is 32.1 Å². The Bertz CT molecular complexity index is 1800. The maximum atomic E-state index is 12.8. The minimum absolute atomic E-state index is 0.0743. The van der Waals surface area contributed by atoms with E-state index in [0.717, 1.165) is 64.6 Å². The van der Waals surface area contributed by atoms with Crippen molar-refractivity contribution in [2.45, 2.75) is 32.1 Å². The number of anilines is 1. The average molecular weight is 515 g/mol. The van der Waals surface area contributed by atoms with Crippen LogP contribution < -0.4 is 5.32 Å². The maximum absolute atomic E-state index is 12.8. The number of pyridine rings is 3. The summed E-state index contributed by atoms with van der Waals surface area (Å²) in [5.74, 6) is 0.785. The van der Waals surface area contributed by atoms with Gasteiger partial charge < -0.3 is 10.3 Å². The van der Waals surface area contributed by atoms with Gasteiger partial charge in [-0.15, -0.1) is 0 Å². The summed E-state index contributed by atoms with van der Waals surface area (Å²) in [5, 5.41) is 10.7. The Balaban J connectivity index is 1.23. The average Bonchev–Trinajstić information content (AvgIpc) is 3.62. The molecular weight excluding hydrogens is 488 g/mol. The molecule has 0 radical (unpaired) electrons. The Hall–Kier alpha value is -4.92. The quantitative estimate of drug-likeness (QED) is 0.254. The van der Waals surface area contributed by atoms with Crippen LogP contribution in [-0.2, 0) is 4.79 Å². The van der Waals surface area contributed by atoms with Crippen molar-refractivity contribution in [2.75, 3.05) is 5.32 Å². The van der Waals surface area contributed by atoms with E-state index in [1.807, 2.05) is 48.5 Å². The molecule has 0 saturated heterocycles. The predicted molar refractivity (Wildman–Crippen MR) is 151 cm³/mol. The van der Waals surface area contributed by atoms with Gasteiger partial charge in [-0.3, -0.25) is 19.9 Å². The summed E-state index contributed by atoms with van der Waals surface area (Å²) in [5.41, 5.74) is 8.21. The molecule has 3 N–H and O–H groups in total. The van der Waals surface area contributed by atoms with Gasteiger partial charge in [0.1, 0.15) is 5.52 Å². The van der Waals surface area contributed by atoms with Gasteiger partial charge in [0.05, 0.1) is 34.1 Å². The molecular formula is C30H26N8O. The van der Waals surface area contributed by atoms with Crippen molar-refractivity contribution >= 4 is 33.7 Å². The molecule has 5 heterocycles. The Morgan fingerprint density at radius 3 is 2.59 bits per heavy atom. The van der Waals surface area contributed by atoms with Crippen LogP contribution in [0.25, 0.3) is 56.0 Å². The van der Waals surface area contributed by atoms with Gasteiger partial charge in [-0.05, 0) is 54.8 Å². The summed E-state index contributed by atoms with van der Waals surface area (Å²) in [6, 6.07) is 15.8. The highest BCUT2D eigenvalue weighted by atomic mass is 16.1. The van der Waals surface area contributed by atoms with Gasteiger partial charge in [0.2, 0.25) is 5.91 Å². The van der Waals surface area contributed by atoms with Crippen LogP contribution in [0, 0.1) is 5.92 Å². The van der Waals surface area contributed by atoms with Crippen molar-refractivity contribution < 1.29 is 4.79 Å². The van der Waals surface area contributed by atoms with Gasteiger partial charge in [-0.2, -0.15) is 5.10 Å². The molecule has 0 aliphatic heterocycles. The molecule has 1 aromatic carbocycles. The number of aromatic nitrogens is 7. The van der Waals surface area contributed by atoms with E-state index in [1.165, 1.54) is 6.42 Å². The summed E-state index contributed by atoms with van der Waals surface area (Å²) < 4.78 is 0. The number of hydrogen-bond donors (Lipinski definition) is 3. The van der Waals surface area contributed by atoms with Gasteiger partial charge in [0, 0.05) is 35.6 Å². The fourth-order valence-electron chi connectivity index (χ4n) is 5.39. The minimum atomic E-state index is 0.0743. The van der Waals surface area contributed by atoms with E-state index in [9.17, 15) is 4.79 Å². The number of nitrogens with zero attached hydrogens (tertiary/aromatic N) is 5. The van der Waals surface area contributed by atoms with Gasteiger partial charge in [-0.1, -0.05) is 31.4 Å². The van der Waals surface area contributed by atoms with Gasteiger partial charge in [0.25, 0.3) is 0 Å². The van der Waals surface area contributed by atoms with Gasteiger partial charge >= 0.3 is 0 Å². The number of nitrogens with one attached hydrogen (secondary N) is 3. The molecule has 5 aromatic heterocycles. The number of rotatable bonds is 5. The second kappa shape index (κ2) is 9.75. The molecule has 9 heteroatoms. The zero-order valence-corrected chi connectivity index (χ0v) is 21.2. The normalized spacial score (nSPS) is 14.2. The molecule has 0 spiro atoms. The van der Waals surface area contributed by atoms with Crippen LogP contribution in [0.2, 0.25) is 0 Å². The fraction of sp³-hybridized carbons (Fsp3) is 0.200. The number of amides is 1. The summed E-state index contributed by atoms with van der Waals surface area (Å²) in [6.07, 6.45) is 12.3.